The topological polar surface area (TPSA) is 42.7 Å². The Kier molecular flexibility index (Phi) is 5.85. The van der Waals surface area contributed by atoms with Crippen LogP contribution in [0.25, 0.3) is 0 Å². The zero-order valence-corrected chi connectivity index (χ0v) is 12.8. The molecule has 2 atom stereocenters. The molecular weight excluding hydrogens is 264 g/mol. The SMILES string of the molecule is CCCNC(Cc1cn(C)nn1)C1CSCCS1. The molecule has 2 rings (SSSR count). The molecule has 0 bridgehead atoms. The van der Waals surface area contributed by atoms with Crippen LogP contribution in [0.4, 0.5) is 0 Å². The van der Waals surface area contributed by atoms with E-state index in [2.05, 4.69) is 46.1 Å². The van der Waals surface area contributed by atoms with Gasteiger partial charge in [-0.1, -0.05) is 12.1 Å². The maximum atomic E-state index is 4.22. The molecule has 0 saturated carbocycles. The molecular formula is C12H22N4S2. The van der Waals surface area contributed by atoms with Gasteiger partial charge >= 0.3 is 0 Å². The number of rotatable bonds is 6. The summed E-state index contributed by atoms with van der Waals surface area (Å²) in [5.74, 6) is 3.83. The summed E-state index contributed by atoms with van der Waals surface area (Å²) in [4.78, 5) is 0. The highest BCUT2D eigenvalue weighted by molar-refractivity contribution is 8.06. The summed E-state index contributed by atoms with van der Waals surface area (Å²) < 4.78 is 1.79. The van der Waals surface area contributed by atoms with Gasteiger partial charge in [-0.2, -0.15) is 23.5 Å². The van der Waals surface area contributed by atoms with Gasteiger partial charge in [-0.05, 0) is 13.0 Å². The van der Waals surface area contributed by atoms with Gasteiger partial charge in [0.2, 0.25) is 0 Å². The van der Waals surface area contributed by atoms with Crippen molar-refractivity contribution in [2.75, 3.05) is 23.8 Å². The summed E-state index contributed by atoms with van der Waals surface area (Å²) in [7, 11) is 1.93. The number of aromatic nitrogens is 3. The molecule has 0 amide bonds. The maximum Gasteiger partial charge on any atom is 0.0842 e. The zero-order valence-electron chi connectivity index (χ0n) is 11.1. The van der Waals surface area contributed by atoms with E-state index in [1.54, 1.807) is 4.68 Å². The molecule has 2 heterocycles. The van der Waals surface area contributed by atoms with Gasteiger partial charge in [0.15, 0.2) is 0 Å². The highest BCUT2D eigenvalue weighted by Crippen LogP contribution is 2.27. The number of thioether (sulfide) groups is 2. The van der Waals surface area contributed by atoms with E-state index in [-0.39, 0.29) is 0 Å². The fraction of sp³-hybridized carbons (Fsp3) is 0.833. The number of nitrogens with zero attached hydrogens (tertiary/aromatic N) is 3. The summed E-state index contributed by atoms with van der Waals surface area (Å²) in [5, 5.41) is 12.6. The van der Waals surface area contributed by atoms with E-state index in [0.29, 0.717) is 11.3 Å². The van der Waals surface area contributed by atoms with E-state index in [0.717, 1.165) is 18.7 Å². The van der Waals surface area contributed by atoms with E-state index < -0.39 is 0 Å². The second-order valence-corrected chi connectivity index (χ2v) is 7.13. The summed E-state index contributed by atoms with van der Waals surface area (Å²) in [5.41, 5.74) is 1.10. The van der Waals surface area contributed by atoms with Crippen LogP contribution in [0.2, 0.25) is 0 Å². The maximum absolute atomic E-state index is 4.22. The highest BCUT2D eigenvalue weighted by Gasteiger charge is 2.25. The van der Waals surface area contributed by atoms with E-state index in [9.17, 15) is 0 Å². The van der Waals surface area contributed by atoms with Crippen LogP contribution in [0, 0.1) is 0 Å². The molecule has 2 unspecified atom stereocenters. The molecule has 0 aliphatic carbocycles. The van der Waals surface area contributed by atoms with Crippen molar-refractivity contribution in [3.8, 4) is 0 Å². The van der Waals surface area contributed by atoms with Crippen molar-refractivity contribution < 1.29 is 0 Å². The van der Waals surface area contributed by atoms with Crippen molar-refractivity contribution >= 4 is 23.5 Å². The first-order valence-corrected chi connectivity index (χ1v) is 8.78. The van der Waals surface area contributed by atoms with Gasteiger partial charge in [0.1, 0.15) is 0 Å². The van der Waals surface area contributed by atoms with Crippen LogP contribution in [-0.4, -0.2) is 50.1 Å². The molecule has 0 radical (unpaired) electrons. The lowest BCUT2D eigenvalue weighted by atomic mass is 10.1. The van der Waals surface area contributed by atoms with Crippen LogP contribution in [0.1, 0.15) is 19.0 Å². The van der Waals surface area contributed by atoms with Gasteiger partial charge < -0.3 is 5.32 Å². The number of aryl methyl sites for hydroxylation is 1. The van der Waals surface area contributed by atoms with Crippen LogP contribution in [0.15, 0.2) is 6.20 Å². The summed E-state index contributed by atoms with van der Waals surface area (Å²) in [6.07, 6.45) is 4.20. The van der Waals surface area contributed by atoms with Crippen LogP contribution < -0.4 is 5.32 Å². The molecule has 1 saturated heterocycles. The summed E-state index contributed by atoms with van der Waals surface area (Å²) in [6.45, 7) is 3.31. The fourth-order valence-corrected chi connectivity index (χ4v) is 5.01. The van der Waals surface area contributed by atoms with E-state index in [1.807, 2.05) is 13.2 Å². The van der Waals surface area contributed by atoms with Gasteiger partial charge in [0.05, 0.1) is 5.69 Å². The van der Waals surface area contributed by atoms with Crippen molar-refractivity contribution in [3.05, 3.63) is 11.9 Å². The van der Waals surface area contributed by atoms with E-state index >= 15 is 0 Å². The third-order valence-electron chi connectivity index (χ3n) is 3.03. The fourth-order valence-electron chi connectivity index (χ4n) is 2.12. The average molecular weight is 286 g/mol. The van der Waals surface area contributed by atoms with Crippen molar-refractivity contribution in [1.29, 1.82) is 0 Å². The van der Waals surface area contributed by atoms with Gasteiger partial charge in [0, 0.05) is 48.2 Å². The Labute approximate surface area is 118 Å². The molecule has 0 spiro atoms. The minimum Gasteiger partial charge on any atom is -0.312 e. The zero-order chi connectivity index (χ0) is 12.8. The Hall–Kier alpha value is -0.200. The van der Waals surface area contributed by atoms with Crippen molar-refractivity contribution in [2.45, 2.75) is 31.1 Å². The third-order valence-corrected chi connectivity index (χ3v) is 5.95. The van der Waals surface area contributed by atoms with Gasteiger partial charge in [-0.3, -0.25) is 4.68 Å². The standard InChI is InChI=1S/C12H22N4S2/c1-3-4-13-11(12-9-17-5-6-18-12)7-10-8-16(2)15-14-10/h8,11-13H,3-7,9H2,1-2H3. The Balaban J connectivity index is 1.94. The second kappa shape index (κ2) is 7.40. The minimum atomic E-state index is 0.527. The van der Waals surface area contributed by atoms with Gasteiger partial charge in [-0.15, -0.1) is 5.10 Å². The summed E-state index contributed by atoms with van der Waals surface area (Å²) >= 11 is 4.19. The lowest BCUT2D eigenvalue weighted by Crippen LogP contribution is -2.43. The molecule has 1 aromatic rings. The Bertz CT molecular complexity index is 350. The van der Waals surface area contributed by atoms with Gasteiger partial charge in [-0.25, -0.2) is 0 Å². The Morgan fingerprint density at radius 3 is 3.06 bits per heavy atom. The first-order valence-electron chi connectivity index (χ1n) is 6.57. The van der Waals surface area contributed by atoms with Crippen molar-refractivity contribution in [3.63, 3.8) is 0 Å². The second-order valence-electron chi connectivity index (χ2n) is 4.63. The van der Waals surface area contributed by atoms with Crippen LogP contribution in [-0.2, 0) is 13.5 Å². The normalized spacial score (nSPS) is 22.0. The monoisotopic (exact) mass is 286 g/mol. The molecule has 0 aromatic carbocycles. The molecule has 1 aromatic heterocycles. The van der Waals surface area contributed by atoms with Crippen molar-refractivity contribution in [2.24, 2.45) is 7.05 Å². The van der Waals surface area contributed by atoms with E-state index in [4.69, 9.17) is 0 Å². The van der Waals surface area contributed by atoms with Crippen LogP contribution >= 0.6 is 23.5 Å². The van der Waals surface area contributed by atoms with E-state index in [1.165, 1.54) is 23.7 Å². The molecule has 102 valence electrons. The number of hydrogen-bond acceptors (Lipinski definition) is 5. The Morgan fingerprint density at radius 2 is 2.44 bits per heavy atom. The molecule has 18 heavy (non-hydrogen) atoms. The molecule has 1 fully saturated rings. The number of hydrogen-bond donors (Lipinski definition) is 1. The average Bonchev–Trinajstić information content (AvgIpc) is 2.81. The van der Waals surface area contributed by atoms with Crippen LogP contribution in [0.3, 0.4) is 0 Å². The largest absolute Gasteiger partial charge is 0.312 e. The Morgan fingerprint density at radius 1 is 1.56 bits per heavy atom. The predicted molar refractivity (Wildman–Crippen MR) is 80.4 cm³/mol. The lowest BCUT2D eigenvalue weighted by Gasteiger charge is -2.29. The predicted octanol–water partition coefficient (Wildman–Crippen LogP) is 1.57. The quantitative estimate of drug-likeness (QED) is 0.860. The lowest BCUT2D eigenvalue weighted by molar-refractivity contribution is 0.501. The molecule has 4 nitrogen and oxygen atoms in total. The third kappa shape index (κ3) is 4.17. The van der Waals surface area contributed by atoms with Gasteiger partial charge in [0.25, 0.3) is 0 Å². The highest BCUT2D eigenvalue weighted by atomic mass is 32.2. The molecule has 1 N–H and O–H groups in total. The minimum absolute atomic E-state index is 0.527. The van der Waals surface area contributed by atoms with Crippen LogP contribution in [0.5, 0.6) is 0 Å². The first-order chi connectivity index (χ1) is 8.79. The smallest absolute Gasteiger partial charge is 0.0842 e. The number of nitrogens with one attached hydrogen (secondary N) is 1. The first kappa shape index (κ1) is 14.2. The summed E-state index contributed by atoms with van der Waals surface area (Å²) in [6, 6.07) is 0.527. The van der Waals surface area contributed by atoms with Crippen molar-refractivity contribution in [1.82, 2.24) is 20.3 Å². The molecule has 1 aliphatic rings. The molecule has 1 aliphatic heterocycles. The molecule has 6 heteroatoms.